The van der Waals surface area contributed by atoms with E-state index < -0.39 is 31.1 Å². The van der Waals surface area contributed by atoms with Gasteiger partial charge in [0.05, 0.1) is 34.3 Å². The molecule has 4 atom stereocenters. The fourth-order valence-electron chi connectivity index (χ4n) is 3.88. The third-order valence-electron chi connectivity index (χ3n) is 5.58. The molecule has 2 aromatic heterocycles. The third-order valence-corrected chi connectivity index (χ3v) is 5.58. The van der Waals surface area contributed by atoms with Crippen molar-refractivity contribution in [2.45, 2.75) is 31.0 Å². The molecule has 12 heteroatoms. The van der Waals surface area contributed by atoms with Crippen LogP contribution in [0.3, 0.4) is 0 Å². The minimum atomic E-state index is -1.23. The van der Waals surface area contributed by atoms with Crippen LogP contribution in [0.2, 0.25) is 0 Å². The predicted molar refractivity (Wildman–Crippen MR) is 117 cm³/mol. The first-order valence-corrected chi connectivity index (χ1v) is 10.3. The minimum Gasteiger partial charge on any atom is -0.493 e. The Bertz CT molecular complexity index is 1080. The average Bonchev–Trinajstić information content (AvgIpc) is 3.39. The van der Waals surface area contributed by atoms with Crippen molar-refractivity contribution in [3.8, 4) is 17.2 Å². The summed E-state index contributed by atoms with van der Waals surface area (Å²) in [7, 11) is 4.70. The van der Waals surface area contributed by atoms with Gasteiger partial charge in [0, 0.05) is 6.54 Å². The number of imidazole rings is 1. The summed E-state index contributed by atoms with van der Waals surface area (Å²) in [6.45, 7) is 0.121. The van der Waals surface area contributed by atoms with Gasteiger partial charge in [-0.1, -0.05) is 0 Å². The van der Waals surface area contributed by atoms with Crippen LogP contribution in [0.25, 0.3) is 11.2 Å². The lowest BCUT2D eigenvalue weighted by atomic mass is 10.1. The van der Waals surface area contributed by atoms with Crippen LogP contribution in [0.15, 0.2) is 24.8 Å². The molecule has 1 aromatic carbocycles. The Hall–Kier alpha value is -3.19. The van der Waals surface area contributed by atoms with Gasteiger partial charge in [0.15, 0.2) is 34.7 Å². The first-order valence-electron chi connectivity index (χ1n) is 10.3. The number of anilines is 1. The molecule has 12 nitrogen and oxygen atoms in total. The van der Waals surface area contributed by atoms with Crippen LogP contribution < -0.4 is 19.5 Å². The normalized spacial score (nSPS) is 22.5. The van der Waals surface area contributed by atoms with E-state index in [1.807, 2.05) is 12.1 Å². The molecule has 0 radical (unpaired) electrons. The maximum absolute atomic E-state index is 10.3. The van der Waals surface area contributed by atoms with E-state index in [0.717, 1.165) is 5.56 Å². The zero-order valence-electron chi connectivity index (χ0n) is 18.5. The van der Waals surface area contributed by atoms with Crippen molar-refractivity contribution in [2.75, 3.05) is 39.8 Å². The summed E-state index contributed by atoms with van der Waals surface area (Å²) in [6.07, 6.45) is -0.781. The van der Waals surface area contributed by atoms with Crippen molar-refractivity contribution in [3.05, 3.63) is 30.4 Å². The van der Waals surface area contributed by atoms with E-state index in [0.29, 0.717) is 47.2 Å². The van der Waals surface area contributed by atoms with Crippen molar-refractivity contribution in [2.24, 2.45) is 0 Å². The fourth-order valence-corrected chi connectivity index (χ4v) is 3.88. The van der Waals surface area contributed by atoms with Gasteiger partial charge in [0.1, 0.15) is 24.6 Å². The number of benzene rings is 1. The van der Waals surface area contributed by atoms with E-state index in [2.05, 4.69) is 20.3 Å². The molecule has 0 bridgehead atoms. The second-order valence-corrected chi connectivity index (χ2v) is 7.49. The van der Waals surface area contributed by atoms with Crippen molar-refractivity contribution < 1.29 is 34.3 Å². The highest BCUT2D eigenvalue weighted by atomic mass is 16.6. The van der Waals surface area contributed by atoms with Gasteiger partial charge in [-0.05, 0) is 24.1 Å². The van der Waals surface area contributed by atoms with E-state index in [4.69, 9.17) is 18.9 Å². The molecule has 3 heterocycles. The number of nitrogens with zero attached hydrogens (tertiary/aromatic N) is 4. The molecule has 1 unspecified atom stereocenters. The molecule has 3 aromatic rings. The topological polar surface area (TPSA) is 153 Å². The lowest BCUT2D eigenvalue weighted by molar-refractivity contribution is -0.0511. The van der Waals surface area contributed by atoms with Gasteiger partial charge in [0.25, 0.3) is 0 Å². The van der Waals surface area contributed by atoms with Crippen LogP contribution in [0.5, 0.6) is 17.2 Å². The summed E-state index contributed by atoms with van der Waals surface area (Å²) >= 11 is 0. The monoisotopic (exact) mass is 461 g/mol. The molecule has 1 saturated heterocycles. The molecular weight excluding hydrogens is 434 g/mol. The number of hydrogen-bond acceptors (Lipinski definition) is 11. The first kappa shape index (κ1) is 23.0. The highest BCUT2D eigenvalue weighted by Crippen LogP contribution is 2.38. The molecule has 4 rings (SSSR count). The van der Waals surface area contributed by atoms with Gasteiger partial charge in [-0.2, -0.15) is 0 Å². The predicted octanol–water partition coefficient (Wildman–Crippen LogP) is 0.118. The Balaban J connectivity index is 1.51. The maximum Gasteiger partial charge on any atom is 0.203 e. The van der Waals surface area contributed by atoms with Crippen LogP contribution in [0, 0.1) is 0 Å². The van der Waals surface area contributed by atoms with Crippen molar-refractivity contribution >= 4 is 17.0 Å². The van der Waals surface area contributed by atoms with E-state index in [1.54, 1.807) is 21.3 Å². The molecule has 33 heavy (non-hydrogen) atoms. The Morgan fingerprint density at radius 3 is 2.36 bits per heavy atom. The summed E-state index contributed by atoms with van der Waals surface area (Å²) in [5, 5.41) is 33.0. The molecule has 0 spiro atoms. The molecule has 1 fully saturated rings. The lowest BCUT2D eigenvalue weighted by Crippen LogP contribution is -2.33. The lowest BCUT2D eigenvalue weighted by Gasteiger charge is -2.16. The Labute approximate surface area is 189 Å². The van der Waals surface area contributed by atoms with E-state index in [1.165, 1.54) is 17.2 Å². The van der Waals surface area contributed by atoms with E-state index >= 15 is 0 Å². The smallest absolute Gasteiger partial charge is 0.203 e. The molecule has 4 N–H and O–H groups in total. The fraction of sp³-hybridized carbons (Fsp3) is 0.476. The molecule has 0 aliphatic carbocycles. The highest BCUT2D eigenvalue weighted by Gasteiger charge is 2.44. The molecule has 1 aliphatic rings. The Morgan fingerprint density at radius 1 is 1.03 bits per heavy atom. The van der Waals surface area contributed by atoms with Gasteiger partial charge in [-0.3, -0.25) is 4.57 Å². The van der Waals surface area contributed by atoms with Crippen LogP contribution in [-0.2, 0) is 11.2 Å². The number of ether oxygens (including phenoxy) is 4. The number of nitrogens with one attached hydrogen (secondary N) is 1. The van der Waals surface area contributed by atoms with Gasteiger partial charge in [-0.15, -0.1) is 0 Å². The zero-order chi connectivity index (χ0) is 23.5. The number of aliphatic hydroxyl groups is 3. The number of hydrogen-bond donors (Lipinski definition) is 4. The number of rotatable bonds is 9. The molecular formula is C21H27N5O7. The SMILES string of the molecule is COc1cc(CCNc2ncnc3c2ncn3C2O[C@H](CO)[C@@H](O)[C@H]2O)cc(OC)c1OC. The van der Waals surface area contributed by atoms with E-state index in [9.17, 15) is 15.3 Å². The van der Waals surface area contributed by atoms with Crippen LogP contribution in [-0.4, -0.2) is 87.6 Å². The van der Waals surface area contributed by atoms with E-state index in [-0.39, 0.29) is 0 Å². The zero-order valence-corrected chi connectivity index (χ0v) is 18.5. The number of aliphatic hydroxyl groups excluding tert-OH is 3. The quantitative estimate of drug-likeness (QED) is 0.344. The Morgan fingerprint density at radius 2 is 1.76 bits per heavy atom. The van der Waals surface area contributed by atoms with Crippen LogP contribution in [0.1, 0.15) is 11.8 Å². The average molecular weight is 461 g/mol. The third kappa shape index (κ3) is 4.25. The van der Waals surface area contributed by atoms with Gasteiger partial charge in [0.2, 0.25) is 5.75 Å². The summed E-state index contributed by atoms with van der Waals surface area (Å²) in [5.74, 6) is 2.20. The number of methoxy groups -OCH3 is 3. The van der Waals surface area contributed by atoms with Crippen molar-refractivity contribution in [3.63, 3.8) is 0 Å². The summed E-state index contributed by atoms with van der Waals surface area (Å²) in [5.41, 5.74) is 1.88. The van der Waals surface area contributed by atoms with Gasteiger partial charge in [-0.25, -0.2) is 15.0 Å². The van der Waals surface area contributed by atoms with Crippen LogP contribution in [0.4, 0.5) is 5.82 Å². The molecule has 0 amide bonds. The standard InChI is InChI=1S/C21H27N5O7/c1-30-12-6-11(7-13(31-2)18(12)32-3)4-5-22-19-15-20(24-9-23-19)26(10-25-15)21-17(29)16(28)14(8-27)33-21/h6-7,9-10,14,16-17,21,27-29H,4-5,8H2,1-3H3,(H,22,23,24)/t14-,16-,17-,21?/m1/s1. The van der Waals surface area contributed by atoms with Crippen LogP contribution >= 0.6 is 0 Å². The summed E-state index contributed by atoms with van der Waals surface area (Å²) in [6, 6.07) is 3.77. The maximum atomic E-state index is 10.3. The first-order chi connectivity index (χ1) is 16.0. The second-order valence-electron chi connectivity index (χ2n) is 7.49. The molecule has 178 valence electrons. The second kappa shape index (κ2) is 9.75. The van der Waals surface area contributed by atoms with Gasteiger partial charge < -0.3 is 39.6 Å². The number of aromatic nitrogens is 4. The minimum absolute atomic E-state index is 0.413. The highest BCUT2D eigenvalue weighted by molar-refractivity contribution is 5.82. The Kier molecular flexibility index (Phi) is 6.79. The number of fused-ring (bicyclic) bond motifs is 1. The summed E-state index contributed by atoms with van der Waals surface area (Å²) in [4.78, 5) is 12.9. The molecule has 0 saturated carbocycles. The van der Waals surface area contributed by atoms with Crippen molar-refractivity contribution in [1.82, 2.24) is 19.5 Å². The molecule has 1 aliphatic heterocycles. The largest absolute Gasteiger partial charge is 0.493 e. The van der Waals surface area contributed by atoms with Crippen molar-refractivity contribution in [1.29, 1.82) is 0 Å². The summed E-state index contributed by atoms with van der Waals surface area (Å²) < 4.78 is 23.3. The van der Waals surface area contributed by atoms with Gasteiger partial charge >= 0.3 is 0 Å².